The number of aryl methyl sites for hydroxylation is 1. The summed E-state index contributed by atoms with van der Waals surface area (Å²) >= 11 is 0. The maximum absolute atomic E-state index is 12.2. The minimum Gasteiger partial charge on any atom is -0.493 e. The van der Waals surface area contributed by atoms with Crippen molar-refractivity contribution in [3.63, 3.8) is 0 Å². The maximum atomic E-state index is 12.2. The molecule has 0 N–H and O–H groups in total. The van der Waals surface area contributed by atoms with Gasteiger partial charge in [0, 0.05) is 30.1 Å². The third kappa shape index (κ3) is 5.01. The summed E-state index contributed by atoms with van der Waals surface area (Å²) in [5, 5.41) is 8.58. The van der Waals surface area contributed by atoms with Crippen LogP contribution in [0.2, 0.25) is 0 Å². The van der Waals surface area contributed by atoms with Crippen LogP contribution < -0.4 is 9.47 Å². The van der Waals surface area contributed by atoms with E-state index in [4.69, 9.17) is 19.5 Å². The van der Waals surface area contributed by atoms with Gasteiger partial charge in [-0.1, -0.05) is 6.07 Å². The fourth-order valence-corrected chi connectivity index (χ4v) is 2.58. The Balaban J connectivity index is 1.97. The molecule has 7 heteroatoms. The van der Waals surface area contributed by atoms with Gasteiger partial charge in [-0.15, -0.1) is 0 Å². The second-order valence-electron chi connectivity index (χ2n) is 6.07. The predicted octanol–water partition coefficient (Wildman–Crippen LogP) is 2.99. The van der Waals surface area contributed by atoms with E-state index in [1.54, 1.807) is 30.3 Å². The molecule has 0 aliphatic heterocycles. The Labute approximate surface area is 163 Å². The summed E-state index contributed by atoms with van der Waals surface area (Å²) in [5.41, 5.74) is 3.02. The normalized spacial score (nSPS) is 10.5. The SMILES string of the molecule is COc1cc(C=CC(=O)OCC(=O)c2cc(C)n(C)c2C)ccc1OCC#N. The smallest absolute Gasteiger partial charge is 0.331 e. The summed E-state index contributed by atoms with van der Waals surface area (Å²) < 4.78 is 17.4. The number of methoxy groups -OCH3 is 1. The molecule has 2 aromatic rings. The lowest BCUT2D eigenvalue weighted by atomic mass is 10.1. The van der Waals surface area contributed by atoms with Gasteiger partial charge in [-0.2, -0.15) is 5.26 Å². The zero-order chi connectivity index (χ0) is 20.7. The highest BCUT2D eigenvalue weighted by Crippen LogP contribution is 2.28. The first-order valence-electron chi connectivity index (χ1n) is 8.56. The van der Waals surface area contributed by atoms with Crippen LogP contribution in [0, 0.1) is 25.2 Å². The van der Waals surface area contributed by atoms with Crippen LogP contribution in [0.3, 0.4) is 0 Å². The lowest BCUT2D eigenvalue weighted by molar-refractivity contribution is -0.136. The van der Waals surface area contributed by atoms with Crippen LogP contribution in [0.5, 0.6) is 11.5 Å². The molecule has 0 bridgehead atoms. The first-order chi connectivity index (χ1) is 13.4. The van der Waals surface area contributed by atoms with Gasteiger partial charge in [0.2, 0.25) is 5.78 Å². The largest absolute Gasteiger partial charge is 0.493 e. The molecule has 1 aromatic heterocycles. The Morgan fingerprint density at radius 3 is 2.57 bits per heavy atom. The van der Waals surface area contributed by atoms with Gasteiger partial charge in [0.15, 0.2) is 24.7 Å². The van der Waals surface area contributed by atoms with Crippen LogP contribution in [0.4, 0.5) is 0 Å². The van der Waals surface area contributed by atoms with Crippen LogP contribution in [0.1, 0.15) is 27.3 Å². The van der Waals surface area contributed by atoms with E-state index < -0.39 is 5.97 Å². The van der Waals surface area contributed by atoms with E-state index in [0.29, 0.717) is 22.6 Å². The van der Waals surface area contributed by atoms with Crippen molar-refractivity contribution in [2.24, 2.45) is 7.05 Å². The first-order valence-corrected chi connectivity index (χ1v) is 8.56. The Hall–Kier alpha value is -3.53. The van der Waals surface area contributed by atoms with Crippen molar-refractivity contribution in [2.45, 2.75) is 13.8 Å². The maximum Gasteiger partial charge on any atom is 0.331 e. The molecule has 0 amide bonds. The average Bonchev–Trinajstić information content (AvgIpc) is 2.96. The van der Waals surface area contributed by atoms with Crippen molar-refractivity contribution >= 4 is 17.8 Å². The molecule has 0 fully saturated rings. The molecule has 0 unspecified atom stereocenters. The lowest BCUT2D eigenvalue weighted by Gasteiger charge is -2.08. The molecule has 28 heavy (non-hydrogen) atoms. The Bertz CT molecular complexity index is 950. The van der Waals surface area contributed by atoms with Crippen molar-refractivity contribution < 1.29 is 23.8 Å². The van der Waals surface area contributed by atoms with Crippen LogP contribution >= 0.6 is 0 Å². The van der Waals surface area contributed by atoms with Crippen LogP contribution in [0.25, 0.3) is 6.08 Å². The second-order valence-corrected chi connectivity index (χ2v) is 6.07. The number of esters is 1. The van der Waals surface area contributed by atoms with Crippen molar-refractivity contribution in [1.29, 1.82) is 5.26 Å². The summed E-state index contributed by atoms with van der Waals surface area (Å²) in [6.07, 6.45) is 2.78. The van der Waals surface area contributed by atoms with Crippen LogP contribution in [-0.4, -0.2) is 36.6 Å². The number of nitriles is 1. The van der Waals surface area contributed by atoms with E-state index in [1.165, 1.54) is 13.2 Å². The second kappa shape index (κ2) is 9.42. The molecule has 0 aliphatic rings. The number of hydrogen-bond donors (Lipinski definition) is 0. The first kappa shape index (κ1) is 20.8. The number of hydrogen-bond acceptors (Lipinski definition) is 6. The molecule has 0 radical (unpaired) electrons. The Morgan fingerprint density at radius 1 is 1.21 bits per heavy atom. The van der Waals surface area contributed by atoms with E-state index in [0.717, 1.165) is 11.4 Å². The van der Waals surface area contributed by atoms with E-state index >= 15 is 0 Å². The van der Waals surface area contributed by atoms with Gasteiger partial charge in [0.25, 0.3) is 0 Å². The van der Waals surface area contributed by atoms with Gasteiger partial charge in [-0.25, -0.2) is 4.79 Å². The molecule has 146 valence electrons. The number of nitrogens with zero attached hydrogens (tertiary/aromatic N) is 2. The third-order valence-electron chi connectivity index (χ3n) is 4.31. The average molecular weight is 382 g/mol. The van der Waals surface area contributed by atoms with Crippen molar-refractivity contribution in [3.05, 3.63) is 52.9 Å². The predicted molar refractivity (Wildman–Crippen MR) is 103 cm³/mol. The standard InChI is InChI=1S/C21H22N2O5/c1-14-11-17(15(2)23(14)3)18(24)13-28-21(25)8-6-16-5-7-19(27-10-9-22)20(12-16)26-4/h5-8,11-12H,10,13H2,1-4H3. The number of Topliss-reactive ketones (excluding diaryl/α,β-unsaturated/α-hetero) is 1. The zero-order valence-electron chi connectivity index (χ0n) is 16.3. The highest BCUT2D eigenvalue weighted by atomic mass is 16.5. The molecule has 2 rings (SSSR count). The van der Waals surface area contributed by atoms with Gasteiger partial charge < -0.3 is 18.8 Å². The number of ketones is 1. The van der Waals surface area contributed by atoms with E-state index in [2.05, 4.69) is 0 Å². The number of ether oxygens (including phenoxy) is 3. The van der Waals surface area contributed by atoms with Gasteiger partial charge in [-0.05, 0) is 43.7 Å². The molecule has 0 saturated carbocycles. The summed E-state index contributed by atoms with van der Waals surface area (Å²) in [6.45, 7) is 3.34. The molecule has 0 spiro atoms. The quantitative estimate of drug-likeness (QED) is 0.396. The molecular formula is C21H22N2O5. The topological polar surface area (TPSA) is 90.6 Å². The molecule has 1 heterocycles. The fourth-order valence-electron chi connectivity index (χ4n) is 2.58. The summed E-state index contributed by atoms with van der Waals surface area (Å²) in [5.74, 6) is 0.00445. The highest BCUT2D eigenvalue weighted by molar-refractivity contribution is 6.00. The number of carbonyl (C=O) groups is 2. The van der Waals surface area contributed by atoms with E-state index in [9.17, 15) is 9.59 Å². The molecule has 0 atom stereocenters. The molecule has 1 aromatic carbocycles. The summed E-state index contributed by atoms with van der Waals surface area (Å²) in [4.78, 5) is 24.2. The Morgan fingerprint density at radius 2 is 1.96 bits per heavy atom. The van der Waals surface area contributed by atoms with Gasteiger partial charge in [0.1, 0.15) is 6.07 Å². The van der Waals surface area contributed by atoms with E-state index in [-0.39, 0.29) is 19.0 Å². The van der Waals surface area contributed by atoms with E-state index in [1.807, 2.05) is 31.5 Å². The minimum absolute atomic E-state index is 0.0910. The molecule has 7 nitrogen and oxygen atoms in total. The van der Waals surface area contributed by atoms with Crippen LogP contribution in [-0.2, 0) is 16.6 Å². The van der Waals surface area contributed by atoms with Crippen molar-refractivity contribution in [3.8, 4) is 17.6 Å². The van der Waals surface area contributed by atoms with Crippen molar-refractivity contribution in [2.75, 3.05) is 20.3 Å². The van der Waals surface area contributed by atoms with Crippen LogP contribution in [0.15, 0.2) is 30.3 Å². The monoisotopic (exact) mass is 382 g/mol. The number of carbonyl (C=O) groups excluding carboxylic acids is 2. The fraction of sp³-hybridized carbons (Fsp3) is 0.286. The molecular weight excluding hydrogens is 360 g/mol. The van der Waals surface area contributed by atoms with Crippen molar-refractivity contribution in [1.82, 2.24) is 4.57 Å². The van der Waals surface area contributed by atoms with Gasteiger partial charge >= 0.3 is 5.97 Å². The number of aromatic nitrogens is 1. The number of rotatable bonds is 8. The summed E-state index contributed by atoms with van der Waals surface area (Å²) in [6, 6.07) is 8.68. The van der Waals surface area contributed by atoms with Gasteiger partial charge in [-0.3, -0.25) is 4.79 Å². The highest BCUT2D eigenvalue weighted by Gasteiger charge is 2.15. The molecule has 0 saturated heterocycles. The van der Waals surface area contributed by atoms with Gasteiger partial charge in [0.05, 0.1) is 7.11 Å². The molecule has 0 aliphatic carbocycles. The summed E-state index contributed by atoms with van der Waals surface area (Å²) in [7, 11) is 3.36. The number of benzene rings is 1. The lowest BCUT2D eigenvalue weighted by Crippen LogP contribution is -2.13. The third-order valence-corrected chi connectivity index (χ3v) is 4.31. The Kier molecular flexibility index (Phi) is 6.99. The minimum atomic E-state index is -0.623. The zero-order valence-corrected chi connectivity index (χ0v) is 16.3.